The van der Waals surface area contributed by atoms with Gasteiger partial charge in [-0.1, -0.05) is 19.9 Å². The van der Waals surface area contributed by atoms with Gasteiger partial charge in [0.1, 0.15) is 0 Å². The van der Waals surface area contributed by atoms with E-state index in [9.17, 15) is 0 Å². The van der Waals surface area contributed by atoms with Crippen molar-refractivity contribution in [3.8, 4) is 0 Å². The van der Waals surface area contributed by atoms with Crippen molar-refractivity contribution in [1.29, 1.82) is 0 Å². The van der Waals surface area contributed by atoms with Crippen molar-refractivity contribution in [1.82, 2.24) is 9.55 Å². The van der Waals surface area contributed by atoms with E-state index in [4.69, 9.17) is 5.73 Å². The van der Waals surface area contributed by atoms with E-state index >= 15 is 0 Å². The fourth-order valence-electron chi connectivity index (χ4n) is 2.14. The molecule has 0 bridgehead atoms. The molecule has 0 aliphatic rings. The average Bonchev–Trinajstić information content (AvgIpc) is 2.96. The van der Waals surface area contributed by atoms with Crippen molar-refractivity contribution >= 4 is 11.3 Å². The predicted octanol–water partition coefficient (Wildman–Crippen LogP) is 3.23. The van der Waals surface area contributed by atoms with Gasteiger partial charge in [0.25, 0.3) is 0 Å². The average molecular weight is 263 g/mol. The Hall–Kier alpha value is -1.13. The third-order valence-corrected chi connectivity index (χ3v) is 3.97. The van der Waals surface area contributed by atoms with E-state index in [1.165, 1.54) is 4.88 Å². The van der Waals surface area contributed by atoms with Gasteiger partial charge in [-0.3, -0.25) is 0 Å². The van der Waals surface area contributed by atoms with Crippen LogP contribution in [-0.4, -0.2) is 9.55 Å². The highest BCUT2D eigenvalue weighted by molar-refractivity contribution is 7.09. The molecule has 18 heavy (non-hydrogen) atoms. The van der Waals surface area contributed by atoms with E-state index in [-0.39, 0.29) is 6.04 Å². The van der Waals surface area contributed by atoms with Crippen molar-refractivity contribution in [3.05, 3.63) is 40.6 Å². The lowest BCUT2D eigenvalue weighted by atomic mass is 10.0. The summed E-state index contributed by atoms with van der Waals surface area (Å²) in [6.45, 7) is 5.36. The van der Waals surface area contributed by atoms with Gasteiger partial charge in [0.15, 0.2) is 0 Å². The van der Waals surface area contributed by atoms with Gasteiger partial charge in [-0.2, -0.15) is 0 Å². The summed E-state index contributed by atoms with van der Waals surface area (Å²) in [5.74, 6) is 0.612. The van der Waals surface area contributed by atoms with Crippen molar-refractivity contribution in [3.63, 3.8) is 0 Å². The van der Waals surface area contributed by atoms with Gasteiger partial charge in [-0.15, -0.1) is 11.3 Å². The van der Waals surface area contributed by atoms with E-state index < -0.39 is 0 Å². The van der Waals surface area contributed by atoms with Gasteiger partial charge in [-0.25, -0.2) is 4.98 Å². The molecule has 0 aromatic carbocycles. The molecule has 0 aliphatic heterocycles. The monoisotopic (exact) mass is 263 g/mol. The van der Waals surface area contributed by atoms with Crippen LogP contribution < -0.4 is 5.73 Å². The second-order valence-corrected chi connectivity index (χ2v) is 6.11. The Morgan fingerprint density at radius 1 is 1.44 bits per heavy atom. The van der Waals surface area contributed by atoms with Crippen LogP contribution in [0.1, 0.15) is 36.9 Å². The van der Waals surface area contributed by atoms with Crippen LogP contribution in [-0.2, 0) is 13.0 Å². The van der Waals surface area contributed by atoms with Crippen LogP contribution in [0.4, 0.5) is 0 Å². The van der Waals surface area contributed by atoms with Crippen LogP contribution >= 0.6 is 11.3 Å². The highest BCUT2D eigenvalue weighted by Crippen LogP contribution is 2.19. The first kappa shape index (κ1) is 13.3. The third-order valence-electron chi connectivity index (χ3n) is 3.03. The summed E-state index contributed by atoms with van der Waals surface area (Å²) in [6, 6.07) is 4.37. The van der Waals surface area contributed by atoms with Gasteiger partial charge in [0, 0.05) is 23.7 Å². The van der Waals surface area contributed by atoms with Crippen molar-refractivity contribution in [2.45, 2.75) is 39.3 Å². The number of rotatable bonds is 6. The minimum atomic E-state index is 0.0934. The Balaban J connectivity index is 1.99. The standard InChI is InChI=1S/C14H21N3S/c1-11(2)8-13(15)14-9-16-10-17(14)6-5-12-4-3-7-18-12/h3-4,7,9-11,13H,5-6,8,15H2,1-2H3. The second-order valence-electron chi connectivity index (χ2n) is 5.08. The molecule has 0 spiro atoms. The molecule has 1 unspecified atom stereocenters. The molecule has 2 aromatic heterocycles. The molecule has 2 aromatic rings. The minimum Gasteiger partial charge on any atom is -0.333 e. The summed E-state index contributed by atoms with van der Waals surface area (Å²) in [5.41, 5.74) is 7.38. The number of nitrogens with zero attached hydrogens (tertiary/aromatic N) is 2. The fourth-order valence-corrected chi connectivity index (χ4v) is 2.84. The van der Waals surface area contributed by atoms with Gasteiger partial charge >= 0.3 is 0 Å². The minimum absolute atomic E-state index is 0.0934. The molecule has 98 valence electrons. The summed E-state index contributed by atoms with van der Waals surface area (Å²) >= 11 is 1.80. The summed E-state index contributed by atoms with van der Waals surface area (Å²) in [7, 11) is 0. The highest BCUT2D eigenvalue weighted by Gasteiger charge is 2.13. The molecule has 2 rings (SSSR count). The Bertz CT molecular complexity index is 459. The van der Waals surface area contributed by atoms with Crippen LogP contribution in [0, 0.1) is 5.92 Å². The smallest absolute Gasteiger partial charge is 0.0948 e. The lowest BCUT2D eigenvalue weighted by Crippen LogP contribution is -2.17. The number of hydrogen-bond acceptors (Lipinski definition) is 3. The molecule has 3 nitrogen and oxygen atoms in total. The molecule has 4 heteroatoms. The zero-order valence-electron chi connectivity index (χ0n) is 11.0. The zero-order valence-corrected chi connectivity index (χ0v) is 11.9. The number of aryl methyl sites for hydroxylation is 2. The molecule has 1 atom stereocenters. The van der Waals surface area contributed by atoms with Crippen molar-refractivity contribution < 1.29 is 0 Å². The summed E-state index contributed by atoms with van der Waals surface area (Å²) in [5, 5.41) is 2.12. The highest BCUT2D eigenvalue weighted by atomic mass is 32.1. The number of nitrogens with two attached hydrogens (primary N) is 1. The lowest BCUT2D eigenvalue weighted by Gasteiger charge is -2.16. The van der Waals surface area contributed by atoms with E-state index in [1.54, 1.807) is 11.3 Å². The first-order valence-electron chi connectivity index (χ1n) is 6.45. The van der Waals surface area contributed by atoms with Gasteiger partial charge in [0.2, 0.25) is 0 Å². The first-order valence-corrected chi connectivity index (χ1v) is 7.32. The Morgan fingerprint density at radius 3 is 2.94 bits per heavy atom. The molecule has 0 aliphatic carbocycles. The quantitative estimate of drug-likeness (QED) is 0.869. The molecule has 2 heterocycles. The summed E-state index contributed by atoms with van der Waals surface area (Å²) in [4.78, 5) is 5.65. The molecular weight excluding hydrogens is 242 g/mol. The molecule has 0 radical (unpaired) electrons. The molecular formula is C14H21N3S. The van der Waals surface area contributed by atoms with E-state index in [0.717, 1.165) is 25.1 Å². The SMILES string of the molecule is CC(C)CC(N)c1cncn1CCc1cccs1. The number of aromatic nitrogens is 2. The maximum atomic E-state index is 6.23. The largest absolute Gasteiger partial charge is 0.333 e. The van der Waals surface area contributed by atoms with Gasteiger partial charge < -0.3 is 10.3 Å². The van der Waals surface area contributed by atoms with Crippen molar-refractivity contribution in [2.24, 2.45) is 11.7 Å². The molecule has 0 saturated heterocycles. The topological polar surface area (TPSA) is 43.8 Å². The lowest BCUT2D eigenvalue weighted by molar-refractivity contribution is 0.483. The molecule has 0 fully saturated rings. The zero-order chi connectivity index (χ0) is 13.0. The maximum absolute atomic E-state index is 6.23. The second kappa shape index (κ2) is 6.16. The molecule has 0 amide bonds. The van der Waals surface area contributed by atoms with Crippen LogP contribution in [0.3, 0.4) is 0 Å². The van der Waals surface area contributed by atoms with Crippen LogP contribution in [0.2, 0.25) is 0 Å². The van der Waals surface area contributed by atoms with Crippen LogP contribution in [0.25, 0.3) is 0 Å². The van der Waals surface area contributed by atoms with E-state index in [2.05, 4.69) is 40.9 Å². The van der Waals surface area contributed by atoms with Gasteiger partial charge in [-0.05, 0) is 30.2 Å². The van der Waals surface area contributed by atoms with E-state index in [0.29, 0.717) is 5.92 Å². The van der Waals surface area contributed by atoms with Crippen LogP contribution in [0.15, 0.2) is 30.0 Å². The molecule has 2 N–H and O–H groups in total. The van der Waals surface area contributed by atoms with Gasteiger partial charge in [0.05, 0.1) is 12.0 Å². The Morgan fingerprint density at radius 2 is 2.28 bits per heavy atom. The van der Waals surface area contributed by atoms with Crippen LogP contribution in [0.5, 0.6) is 0 Å². The molecule has 0 saturated carbocycles. The predicted molar refractivity (Wildman–Crippen MR) is 76.6 cm³/mol. The third kappa shape index (κ3) is 3.43. The Kier molecular flexibility index (Phi) is 4.55. The van der Waals surface area contributed by atoms with E-state index in [1.807, 2.05) is 12.5 Å². The fraction of sp³-hybridized carbons (Fsp3) is 0.500. The number of imidazole rings is 1. The maximum Gasteiger partial charge on any atom is 0.0948 e. The summed E-state index contributed by atoms with van der Waals surface area (Å²) in [6.07, 6.45) is 5.85. The Labute approximate surface area is 113 Å². The van der Waals surface area contributed by atoms with Crippen molar-refractivity contribution in [2.75, 3.05) is 0 Å². The first-order chi connectivity index (χ1) is 8.66. The summed E-state index contributed by atoms with van der Waals surface area (Å²) < 4.78 is 2.19. The number of thiophene rings is 1. The number of hydrogen-bond donors (Lipinski definition) is 1. The normalized spacial score (nSPS) is 13.1.